The van der Waals surface area contributed by atoms with Crippen LogP contribution in [0.25, 0.3) is 0 Å². The molecule has 0 radical (unpaired) electrons. The van der Waals surface area contributed by atoms with Crippen molar-refractivity contribution >= 4 is 0 Å². The molecule has 0 amide bonds. The minimum Gasteiger partial charge on any atom is -0.491 e. The molecule has 1 aromatic rings. The van der Waals surface area contributed by atoms with Crippen LogP contribution in [0.3, 0.4) is 0 Å². The van der Waals surface area contributed by atoms with Crippen molar-refractivity contribution in [3.05, 3.63) is 29.8 Å². The maximum absolute atomic E-state index is 10.00. The molecule has 0 fully saturated rings. The summed E-state index contributed by atoms with van der Waals surface area (Å²) >= 11 is 0. The summed E-state index contributed by atoms with van der Waals surface area (Å²) in [5, 5.41) is 10.00. The number of hydrogen-bond donors (Lipinski definition) is 1. The predicted molar refractivity (Wildman–Crippen MR) is 72.9 cm³/mol. The van der Waals surface area contributed by atoms with Gasteiger partial charge in [0.05, 0.1) is 12.2 Å². The van der Waals surface area contributed by atoms with Crippen LogP contribution in [0.15, 0.2) is 24.3 Å². The van der Waals surface area contributed by atoms with Gasteiger partial charge in [-0.25, -0.2) is 0 Å². The van der Waals surface area contributed by atoms with E-state index in [1.165, 1.54) is 0 Å². The van der Waals surface area contributed by atoms with Crippen molar-refractivity contribution in [3.8, 4) is 5.75 Å². The van der Waals surface area contributed by atoms with Gasteiger partial charge in [0.1, 0.15) is 5.75 Å². The Balaban J connectivity index is 2.41. The van der Waals surface area contributed by atoms with Gasteiger partial charge in [-0.2, -0.15) is 0 Å². The van der Waals surface area contributed by atoms with Crippen molar-refractivity contribution in [3.63, 3.8) is 0 Å². The third kappa shape index (κ3) is 5.52. The van der Waals surface area contributed by atoms with Crippen molar-refractivity contribution in [1.29, 1.82) is 0 Å². The normalized spacial score (nSPS) is 12.7. The molecule has 102 valence electrons. The molecule has 0 aliphatic heterocycles. The SMILES string of the molecule is CCOCCCC(O)c1ccc(OC(C)C)cc1. The number of aliphatic hydroxyl groups is 1. The molecule has 0 aromatic heterocycles. The zero-order chi connectivity index (χ0) is 13.4. The predicted octanol–water partition coefficient (Wildman–Crippen LogP) is 3.32. The zero-order valence-electron chi connectivity index (χ0n) is 11.6. The molecule has 1 N–H and O–H groups in total. The van der Waals surface area contributed by atoms with Gasteiger partial charge in [-0.15, -0.1) is 0 Å². The number of ether oxygens (including phenoxy) is 2. The smallest absolute Gasteiger partial charge is 0.119 e. The first-order valence-corrected chi connectivity index (χ1v) is 6.66. The summed E-state index contributed by atoms with van der Waals surface area (Å²) in [4.78, 5) is 0. The monoisotopic (exact) mass is 252 g/mol. The summed E-state index contributed by atoms with van der Waals surface area (Å²) < 4.78 is 10.8. The fourth-order valence-corrected chi connectivity index (χ4v) is 1.73. The second-order valence-corrected chi connectivity index (χ2v) is 4.59. The van der Waals surface area contributed by atoms with Gasteiger partial charge in [0.15, 0.2) is 0 Å². The van der Waals surface area contributed by atoms with E-state index in [4.69, 9.17) is 9.47 Å². The van der Waals surface area contributed by atoms with Crippen LogP contribution in [0.4, 0.5) is 0 Å². The van der Waals surface area contributed by atoms with E-state index < -0.39 is 6.10 Å². The van der Waals surface area contributed by atoms with Crippen LogP contribution in [0.1, 0.15) is 45.3 Å². The van der Waals surface area contributed by atoms with Crippen LogP contribution in [0.2, 0.25) is 0 Å². The molecule has 0 saturated carbocycles. The van der Waals surface area contributed by atoms with Gasteiger partial charge in [-0.05, 0) is 51.3 Å². The van der Waals surface area contributed by atoms with Crippen LogP contribution in [0.5, 0.6) is 5.75 Å². The maximum Gasteiger partial charge on any atom is 0.119 e. The molecule has 1 rings (SSSR count). The molecule has 0 spiro atoms. The molecule has 3 nitrogen and oxygen atoms in total. The Morgan fingerprint density at radius 3 is 2.39 bits per heavy atom. The highest BCUT2D eigenvalue weighted by Crippen LogP contribution is 2.21. The van der Waals surface area contributed by atoms with Crippen LogP contribution < -0.4 is 4.74 Å². The Labute approximate surface area is 110 Å². The summed E-state index contributed by atoms with van der Waals surface area (Å²) in [6, 6.07) is 7.65. The molecule has 1 atom stereocenters. The highest BCUT2D eigenvalue weighted by Gasteiger charge is 2.07. The van der Waals surface area contributed by atoms with Gasteiger partial charge >= 0.3 is 0 Å². The van der Waals surface area contributed by atoms with E-state index in [-0.39, 0.29) is 6.10 Å². The van der Waals surface area contributed by atoms with Crippen LogP contribution in [-0.2, 0) is 4.74 Å². The lowest BCUT2D eigenvalue weighted by atomic mass is 10.1. The van der Waals surface area contributed by atoms with E-state index in [9.17, 15) is 5.11 Å². The van der Waals surface area contributed by atoms with E-state index in [0.29, 0.717) is 6.61 Å². The molecule has 3 heteroatoms. The molecule has 1 unspecified atom stereocenters. The Morgan fingerprint density at radius 2 is 1.83 bits per heavy atom. The van der Waals surface area contributed by atoms with E-state index in [1.807, 2.05) is 45.0 Å². The highest BCUT2D eigenvalue weighted by atomic mass is 16.5. The van der Waals surface area contributed by atoms with Crippen LogP contribution in [-0.4, -0.2) is 24.4 Å². The topological polar surface area (TPSA) is 38.7 Å². The number of aliphatic hydroxyl groups excluding tert-OH is 1. The highest BCUT2D eigenvalue weighted by molar-refractivity contribution is 5.28. The quantitative estimate of drug-likeness (QED) is 0.721. The minimum absolute atomic E-state index is 0.173. The molecule has 0 bridgehead atoms. The molecule has 1 aromatic carbocycles. The third-order valence-corrected chi connectivity index (χ3v) is 2.61. The fraction of sp³-hybridized carbons (Fsp3) is 0.600. The Hall–Kier alpha value is -1.06. The molecule has 0 saturated heterocycles. The maximum atomic E-state index is 10.00. The third-order valence-electron chi connectivity index (χ3n) is 2.61. The van der Waals surface area contributed by atoms with Crippen molar-refractivity contribution in [1.82, 2.24) is 0 Å². The molecule has 0 aliphatic rings. The van der Waals surface area contributed by atoms with E-state index in [2.05, 4.69) is 0 Å². The molecule has 0 heterocycles. The van der Waals surface area contributed by atoms with Crippen LogP contribution in [0, 0.1) is 0 Å². The van der Waals surface area contributed by atoms with Gasteiger partial charge in [0.2, 0.25) is 0 Å². The van der Waals surface area contributed by atoms with Gasteiger partial charge < -0.3 is 14.6 Å². The summed E-state index contributed by atoms with van der Waals surface area (Å²) in [5.74, 6) is 0.843. The second kappa shape index (κ2) is 8.11. The average Bonchev–Trinajstić information content (AvgIpc) is 2.34. The first-order valence-electron chi connectivity index (χ1n) is 6.66. The summed E-state index contributed by atoms with van der Waals surface area (Å²) in [7, 11) is 0. The Morgan fingerprint density at radius 1 is 1.17 bits per heavy atom. The summed E-state index contributed by atoms with van der Waals surface area (Å²) in [6.07, 6.45) is 1.36. The Kier molecular flexibility index (Phi) is 6.76. The van der Waals surface area contributed by atoms with Crippen molar-refractivity contribution in [2.45, 2.75) is 45.8 Å². The minimum atomic E-state index is -0.418. The van der Waals surface area contributed by atoms with E-state index in [0.717, 1.165) is 30.8 Å². The number of hydrogen-bond acceptors (Lipinski definition) is 3. The number of benzene rings is 1. The molecule has 0 aliphatic carbocycles. The number of rotatable bonds is 8. The van der Waals surface area contributed by atoms with Gasteiger partial charge in [0.25, 0.3) is 0 Å². The van der Waals surface area contributed by atoms with Gasteiger partial charge in [-0.3, -0.25) is 0 Å². The molecular formula is C15H24O3. The first-order chi connectivity index (χ1) is 8.63. The zero-order valence-corrected chi connectivity index (χ0v) is 11.6. The summed E-state index contributed by atoms with van der Waals surface area (Å²) in [6.45, 7) is 7.41. The molecular weight excluding hydrogens is 228 g/mol. The fourth-order valence-electron chi connectivity index (χ4n) is 1.73. The lowest BCUT2D eigenvalue weighted by Gasteiger charge is -2.13. The van der Waals surface area contributed by atoms with Gasteiger partial charge in [-0.1, -0.05) is 12.1 Å². The largest absolute Gasteiger partial charge is 0.491 e. The lowest BCUT2D eigenvalue weighted by Crippen LogP contribution is -2.06. The first kappa shape index (κ1) is 15.0. The average molecular weight is 252 g/mol. The van der Waals surface area contributed by atoms with Gasteiger partial charge in [0, 0.05) is 13.2 Å². The van der Waals surface area contributed by atoms with E-state index in [1.54, 1.807) is 0 Å². The standard InChI is InChI=1S/C15H24O3/c1-4-17-11-5-6-15(16)13-7-9-14(10-8-13)18-12(2)3/h7-10,12,15-16H,4-6,11H2,1-3H3. The van der Waals surface area contributed by atoms with Crippen LogP contribution >= 0.6 is 0 Å². The van der Waals surface area contributed by atoms with E-state index >= 15 is 0 Å². The second-order valence-electron chi connectivity index (χ2n) is 4.59. The van der Waals surface area contributed by atoms with Crippen molar-refractivity contribution in [2.24, 2.45) is 0 Å². The lowest BCUT2D eigenvalue weighted by molar-refractivity contribution is 0.114. The van der Waals surface area contributed by atoms with Crippen molar-refractivity contribution < 1.29 is 14.6 Å². The molecule has 18 heavy (non-hydrogen) atoms. The van der Waals surface area contributed by atoms with Crippen molar-refractivity contribution in [2.75, 3.05) is 13.2 Å². The Bertz CT molecular complexity index is 319. The summed E-state index contributed by atoms with van der Waals surface area (Å²) in [5.41, 5.74) is 0.933.